The summed E-state index contributed by atoms with van der Waals surface area (Å²) in [6, 6.07) is 0. The van der Waals surface area contributed by atoms with Crippen molar-refractivity contribution in [3.63, 3.8) is 0 Å². The monoisotopic (exact) mass is 190 g/mol. The highest BCUT2D eigenvalue weighted by Crippen LogP contribution is 2.43. The zero-order valence-corrected chi connectivity index (χ0v) is 8.82. The number of halogens is 2. The van der Waals surface area contributed by atoms with Crippen LogP contribution in [0.4, 0.5) is 8.78 Å². The molecule has 0 spiro atoms. The highest BCUT2D eigenvalue weighted by atomic mass is 19.3. The Balaban J connectivity index is 2.60. The molecule has 1 rings (SSSR count). The molecule has 0 aromatic carbocycles. The Morgan fingerprint density at radius 3 is 2.38 bits per heavy atom. The largest absolute Gasteiger partial charge is 0.248 e. The minimum atomic E-state index is -2.39. The van der Waals surface area contributed by atoms with E-state index in [1.165, 1.54) is 0 Å². The standard InChI is InChI=1S/C11H20F2/c1-4-9-5-10(8(2)3)7-11(12,13)6-9/h8-10H,4-7H2,1-3H3/t9-,10+/m1/s1. The summed E-state index contributed by atoms with van der Waals surface area (Å²) in [4.78, 5) is 0. The molecule has 2 heteroatoms. The third-order valence-corrected chi connectivity index (χ3v) is 3.30. The molecule has 1 aliphatic rings. The lowest BCUT2D eigenvalue weighted by Crippen LogP contribution is -2.33. The van der Waals surface area contributed by atoms with E-state index in [1.807, 2.05) is 6.92 Å². The zero-order chi connectivity index (χ0) is 10.1. The van der Waals surface area contributed by atoms with Crippen molar-refractivity contribution in [2.75, 3.05) is 0 Å². The van der Waals surface area contributed by atoms with Gasteiger partial charge in [0, 0.05) is 12.8 Å². The molecule has 0 amide bonds. The molecular weight excluding hydrogens is 170 g/mol. The summed E-state index contributed by atoms with van der Waals surface area (Å²) >= 11 is 0. The second-order valence-corrected chi connectivity index (χ2v) is 4.78. The lowest BCUT2D eigenvalue weighted by molar-refractivity contribution is -0.0800. The first-order chi connectivity index (χ1) is 5.94. The predicted octanol–water partition coefficient (Wildman–Crippen LogP) is 4.10. The van der Waals surface area contributed by atoms with E-state index in [4.69, 9.17) is 0 Å². The van der Waals surface area contributed by atoms with Crippen LogP contribution in [0, 0.1) is 17.8 Å². The van der Waals surface area contributed by atoms with Gasteiger partial charge in [0.25, 0.3) is 0 Å². The number of alkyl halides is 2. The van der Waals surface area contributed by atoms with E-state index in [-0.39, 0.29) is 24.7 Å². The fourth-order valence-corrected chi connectivity index (χ4v) is 2.30. The van der Waals surface area contributed by atoms with Crippen molar-refractivity contribution in [2.24, 2.45) is 17.8 Å². The van der Waals surface area contributed by atoms with Gasteiger partial charge in [0.15, 0.2) is 0 Å². The molecule has 0 bridgehead atoms. The maximum Gasteiger partial charge on any atom is 0.248 e. The van der Waals surface area contributed by atoms with Crippen molar-refractivity contribution < 1.29 is 8.78 Å². The molecule has 0 aliphatic heterocycles. The second kappa shape index (κ2) is 3.93. The average molecular weight is 190 g/mol. The van der Waals surface area contributed by atoms with E-state index in [0.29, 0.717) is 5.92 Å². The Kier molecular flexibility index (Phi) is 3.31. The molecule has 0 N–H and O–H groups in total. The van der Waals surface area contributed by atoms with Crippen LogP contribution in [0.15, 0.2) is 0 Å². The SMILES string of the molecule is CC[C@@H]1C[C@H](C(C)C)CC(F)(F)C1. The molecule has 0 unspecified atom stereocenters. The van der Waals surface area contributed by atoms with Crippen molar-refractivity contribution in [3.8, 4) is 0 Å². The Hall–Kier alpha value is -0.140. The first-order valence-electron chi connectivity index (χ1n) is 5.32. The first kappa shape index (κ1) is 10.9. The Morgan fingerprint density at radius 2 is 1.92 bits per heavy atom. The Morgan fingerprint density at radius 1 is 1.31 bits per heavy atom. The van der Waals surface area contributed by atoms with Gasteiger partial charge in [-0.05, 0) is 24.2 Å². The quantitative estimate of drug-likeness (QED) is 0.615. The van der Waals surface area contributed by atoms with Gasteiger partial charge in [-0.3, -0.25) is 0 Å². The maximum atomic E-state index is 13.3. The Bertz CT molecular complexity index is 163. The van der Waals surface area contributed by atoms with Crippen LogP contribution in [0.25, 0.3) is 0 Å². The van der Waals surface area contributed by atoms with Gasteiger partial charge in [-0.25, -0.2) is 8.78 Å². The van der Waals surface area contributed by atoms with Crippen molar-refractivity contribution >= 4 is 0 Å². The second-order valence-electron chi connectivity index (χ2n) is 4.78. The lowest BCUT2D eigenvalue weighted by Gasteiger charge is -2.36. The highest BCUT2D eigenvalue weighted by Gasteiger charge is 2.41. The normalized spacial score (nSPS) is 33.7. The molecule has 0 radical (unpaired) electrons. The minimum Gasteiger partial charge on any atom is -0.207 e. The summed E-state index contributed by atoms with van der Waals surface area (Å²) in [5, 5.41) is 0. The van der Waals surface area contributed by atoms with E-state index in [9.17, 15) is 8.78 Å². The summed E-state index contributed by atoms with van der Waals surface area (Å²) in [5.41, 5.74) is 0. The van der Waals surface area contributed by atoms with E-state index in [0.717, 1.165) is 12.8 Å². The number of hydrogen-bond acceptors (Lipinski definition) is 0. The van der Waals surface area contributed by atoms with Gasteiger partial charge in [0.2, 0.25) is 5.92 Å². The number of rotatable bonds is 2. The highest BCUT2D eigenvalue weighted by molar-refractivity contribution is 4.84. The van der Waals surface area contributed by atoms with Crippen LogP contribution in [-0.4, -0.2) is 5.92 Å². The fraction of sp³-hybridized carbons (Fsp3) is 1.00. The summed E-state index contributed by atoms with van der Waals surface area (Å²) in [7, 11) is 0. The summed E-state index contributed by atoms with van der Waals surface area (Å²) in [6.07, 6.45) is 2.14. The van der Waals surface area contributed by atoms with Crippen LogP contribution in [0.5, 0.6) is 0 Å². The van der Waals surface area contributed by atoms with Gasteiger partial charge >= 0.3 is 0 Å². The third kappa shape index (κ3) is 2.92. The fourth-order valence-electron chi connectivity index (χ4n) is 2.30. The van der Waals surface area contributed by atoms with Crippen molar-refractivity contribution in [1.82, 2.24) is 0 Å². The molecule has 1 saturated carbocycles. The molecular formula is C11H20F2. The molecule has 0 aromatic rings. The molecule has 78 valence electrons. The topological polar surface area (TPSA) is 0 Å². The van der Waals surface area contributed by atoms with Crippen molar-refractivity contribution in [1.29, 1.82) is 0 Å². The van der Waals surface area contributed by atoms with Gasteiger partial charge in [-0.15, -0.1) is 0 Å². The van der Waals surface area contributed by atoms with E-state index in [1.54, 1.807) is 0 Å². The molecule has 0 saturated heterocycles. The van der Waals surface area contributed by atoms with Gasteiger partial charge in [-0.2, -0.15) is 0 Å². The van der Waals surface area contributed by atoms with Gasteiger partial charge in [-0.1, -0.05) is 27.2 Å². The summed E-state index contributed by atoms with van der Waals surface area (Å²) in [5.74, 6) is -1.52. The number of hydrogen-bond donors (Lipinski definition) is 0. The van der Waals surface area contributed by atoms with Crippen LogP contribution in [-0.2, 0) is 0 Å². The van der Waals surface area contributed by atoms with Crippen LogP contribution in [0.3, 0.4) is 0 Å². The molecule has 0 aromatic heterocycles. The van der Waals surface area contributed by atoms with E-state index in [2.05, 4.69) is 13.8 Å². The zero-order valence-electron chi connectivity index (χ0n) is 8.82. The van der Waals surface area contributed by atoms with Crippen LogP contribution < -0.4 is 0 Å². The third-order valence-electron chi connectivity index (χ3n) is 3.30. The van der Waals surface area contributed by atoms with Crippen LogP contribution >= 0.6 is 0 Å². The first-order valence-corrected chi connectivity index (χ1v) is 5.32. The van der Waals surface area contributed by atoms with Crippen LogP contribution in [0.2, 0.25) is 0 Å². The van der Waals surface area contributed by atoms with Crippen molar-refractivity contribution in [2.45, 2.75) is 52.4 Å². The summed E-state index contributed by atoms with van der Waals surface area (Å²) in [6.45, 7) is 6.13. The summed E-state index contributed by atoms with van der Waals surface area (Å²) < 4.78 is 26.5. The molecule has 0 nitrogen and oxygen atoms in total. The molecule has 13 heavy (non-hydrogen) atoms. The Labute approximate surface area is 79.7 Å². The average Bonchev–Trinajstić information content (AvgIpc) is 2.01. The smallest absolute Gasteiger partial charge is 0.207 e. The minimum absolute atomic E-state index is 0.112. The predicted molar refractivity (Wildman–Crippen MR) is 50.9 cm³/mol. The molecule has 1 aliphatic carbocycles. The lowest BCUT2D eigenvalue weighted by atomic mass is 9.73. The van der Waals surface area contributed by atoms with E-state index >= 15 is 0 Å². The maximum absolute atomic E-state index is 13.3. The molecule has 1 fully saturated rings. The molecule has 0 heterocycles. The van der Waals surface area contributed by atoms with Gasteiger partial charge in [0.05, 0.1) is 0 Å². The van der Waals surface area contributed by atoms with Gasteiger partial charge in [0.1, 0.15) is 0 Å². The van der Waals surface area contributed by atoms with Crippen molar-refractivity contribution in [3.05, 3.63) is 0 Å². The molecule has 2 atom stereocenters. The van der Waals surface area contributed by atoms with E-state index < -0.39 is 5.92 Å². The van der Waals surface area contributed by atoms with Gasteiger partial charge < -0.3 is 0 Å². The van der Waals surface area contributed by atoms with Crippen LogP contribution in [0.1, 0.15) is 46.5 Å².